The Morgan fingerprint density at radius 3 is 3.12 bits per heavy atom. The van der Waals surface area contributed by atoms with E-state index in [1.165, 1.54) is 0 Å². The van der Waals surface area contributed by atoms with Crippen LogP contribution in [-0.4, -0.2) is 21.4 Å². The van der Waals surface area contributed by atoms with Gasteiger partial charge in [0.2, 0.25) is 5.91 Å². The summed E-state index contributed by atoms with van der Waals surface area (Å²) >= 11 is 1.70. The van der Waals surface area contributed by atoms with Crippen LogP contribution in [0.5, 0.6) is 0 Å². The van der Waals surface area contributed by atoms with Crippen LogP contribution in [0, 0.1) is 0 Å². The Morgan fingerprint density at radius 2 is 2.50 bits per heavy atom. The maximum Gasteiger partial charge on any atom is 0.241 e. The lowest BCUT2D eigenvalue weighted by Crippen LogP contribution is -2.35. The van der Waals surface area contributed by atoms with Gasteiger partial charge in [0.15, 0.2) is 5.82 Å². The summed E-state index contributed by atoms with van der Waals surface area (Å²) in [4.78, 5) is 16.1. The molecule has 2 rings (SSSR count). The fraction of sp³-hybridized carbons (Fsp3) is 0.455. The monoisotopic (exact) mass is 237 g/mol. The Labute approximate surface area is 99.0 Å². The zero-order valence-corrected chi connectivity index (χ0v) is 10.0. The highest BCUT2D eigenvalue weighted by Gasteiger charge is 2.37. The van der Waals surface area contributed by atoms with Crippen LogP contribution < -0.4 is 11.1 Å². The van der Waals surface area contributed by atoms with E-state index >= 15 is 0 Å². The van der Waals surface area contributed by atoms with E-state index in [-0.39, 0.29) is 10.7 Å². The van der Waals surface area contributed by atoms with Crippen molar-refractivity contribution in [3.8, 4) is 0 Å². The standard InChI is InChI=1S/C11H15N3OS/c1-11(5-3-7-16-11)10(15)14-9-8(12)4-2-6-13-9/h2,4,6H,3,5,7,12H2,1H3,(H,13,14,15). The van der Waals surface area contributed by atoms with Crippen molar-refractivity contribution in [3.63, 3.8) is 0 Å². The molecule has 1 amide bonds. The summed E-state index contributed by atoms with van der Waals surface area (Å²) in [6.07, 6.45) is 3.62. The van der Waals surface area contributed by atoms with Gasteiger partial charge in [-0.2, -0.15) is 0 Å². The Balaban J connectivity index is 2.10. The van der Waals surface area contributed by atoms with Gasteiger partial charge in [0.25, 0.3) is 0 Å². The molecule has 0 saturated carbocycles. The van der Waals surface area contributed by atoms with E-state index in [9.17, 15) is 4.79 Å². The number of thioether (sulfide) groups is 1. The molecule has 0 spiro atoms. The number of rotatable bonds is 2. The van der Waals surface area contributed by atoms with Gasteiger partial charge < -0.3 is 11.1 Å². The normalized spacial score (nSPS) is 24.3. The Morgan fingerprint density at radius 1 is 1.69 bits per heavy atom. The number of carbonyl (C=O) groups is 1. The van der Waals surface area contributed by atoms with Crippen LogP contribution in [-0.2, 0) is 4.79 Å². The lowest BCUT2D eigenvalue weighted by Gasteiger charge is -2.21. The maximum atomic E-state index is 12.1. The second kappa shape index (κ2) is 4.33. The highest BCUT2D eigenvalue weighted by atomic mass is 32.2. The van der Waals surface area contributed by atoms with Crippen molar-refractivity contribution in [3.05, 3.63) is 18.3 Å². The number of nitrogens with one attached hydrogen (secondary N) is 1. The molecule has 16 heavy (non-hydrogen) atoms. The van der Waals surface area contributed by atoms with Gasteiger partial charge in [0.1, 0.15) is 0 Å². The highest BCUT2D eigenvalue weighted by Crippen LogP contribution is 2.38. The highest BCUT2D eigenvalue weighted by molar-refractivity contribution is 8.01. The molecular weight excluding hydrogens is 222 g/mol. The number of aromatic nitrogens is 1. The first-order valence-corrected chi connectivity index (χ1v) is 6.26. The zero-order valence-electron chi connectivity index (χ0n) is 9.19. The quantitative estimate of drug-likeness (QED) is 0.824. The summed E-state index contributed by atoms with van der Waals surface area (Å²) < 4.78 is -0.329. The van der Waals surface area contributed by atoms with E-state index in [1.54, 1.807) is 30.1 Å². The molecule has 1 atom stereocenters. The van der Waals surface area contributed by atoms with E-state index in [2.05, 4.69) is 10.3 Å². The molecule has 1 unspecified atom stereocenters. The van der Waals surface area contributed by atoms with Crippen molar-refractivity contribution in [1.29, 1.82) is 0 Å². The molecule has 0 aliphatic carbocycles. The number of pyridine rings is 1. The number of nitrogens with zero attached hydrogens (tertiary/aromatic N) is 1. The van der Waals surface area contributed by atoms with Crippen molar-refractivity contribution in [2.45, 2.75) is 24.5 Å². The molecular formula is C11H15N3OS. The average molecular weight is 237 g/mol. The largest absolute Gasteiger partial charge is 0.396 e. The molecule has 86 valence electrons. The van der Waals surface area contributed by atoms with Gasteiger partial charge in [-0.15, -0.1) is 11.8 Å². The molecule has 0 bridgehead atoms. The van der Waals surface area contributed by atoms with Crippen LogP contribution >= 0.6 is 11.8 Å². The molecule has 0 radical (unpaired) electrons. The first-order chi connectivity index (χ1) is 7.62. The van der Waals surface area contributed by atoms with Gasteiger partial charge in [0.05, 0.1) is 10.4 Å². The summed E-state index contributed by atoms with van der Waals surface area (Å²) in [6.45, 7) is 1.97. The number of carbonyl (C=O) groups excluding carboxylic acids is 1. The van der Waals surface area contributed by atoms with E-state index in [0.29, 0.717) is 11.5 Å². The fourth-order valence-electron chi connectivity index (χ4n) is 1.72. The molecule has 5 heteroatoms. The summed E-state index contributed by atoms with van der Waals surface area (Å²) in [5.41, 5.74) is 6.23. The van der Waals surface area contributed by atoms with Crippen LogP contribution in [0.15, 0.2) is 18.3 Å². The first-order valence-electron chi connectivity index (χ1n) is 5.28. The smallest absolute Gasteiger partial charge is 0.241 e. The number of nitrogen functional groups attached to an aromatic ring is 1. The minimum absolute atomic E-state index is 0.000370. The molecule has 1 aromatic rings. The van der Waals surface area contributed by atoms with Gasteiger partial charge in [-0.25, -0.2) is 4.98 Å². The topological polar surface area (TPSA) is 68.0 Å². The second-order valence-corrected chi connectivity index (χ2v) is 5.68. The second-order valence-electron chi connectivity index (χ2n) is 4.08. The summed E-state index contributed by atoms with van der Waals surface area (Å²) in [5, 5.41) is 2.80. The molecule has 0 aromatic carbocycles. The minimum atomic E-state index is -0.329. The number of anilines is 2. The number of hydrogen-bond acceptors (Lipinski definition) is 4. The Hall–Kier alpha value is -1.23. The third-order valence-electron chi connectivity index (χ3n) is 2.77. The number of amides is 1. The van der Waals surface area contributed by atoms with Gasteiger partial charge >= 0.3 is 0 Å². The predicted molar refractivity (Wildman–Crippen MR) is 67.4 cm³/mol. The van der Waals surface area contributed by atoms with Crippen LogP contribution in [0.2, 0.25) is 0 Å². The Bertz CT molecular complexity index is 402. The van der Waals surface area contributed by atoms with Gasteiger partial charge in [-0.1, -0.05) is 0 Å². The molecule has 1 aliphatic heterocycles. The molecule has 2 heterocycles. The summed E-state index contributed by atoms with van der Waals surface area (Å²) in [7, 11) is 0. The molecule has 4 nitrogen and oxygen atoms in total. The van der Waals surface area contributed by atoms with Crippen LogP contribution in [0.25, 0.3) is 0 Å². The molecule has 1 fully saturated rings. The van der Waals surface area contributed by atoms with Crippen LogP contribution in [0.3, 0.4) is 0 Å². The van der Waals surface area contributed by atoms with E-state index in [4.69, 9.17) is 5.73 Å². The number of nitrogens with two attached hydrogens (primary N) is 1. The third-order valence-corrected chi connectivity index (χ3v) is 4.29. The maximum absolute atomic E-state index is 12.1. The predicted octanol–water partition coefficient (Wildman–Crippen LogP) is 1.89. The molecule has 1 saturated heterocycles. The lowest BCUT2D eigenvalue weighted by atomic mass is 10.1. The molecule has 1 aromatic heterocycles. The van der Waals surface area contributed by atoms with E-state index < -0.39 is 0 Å². The van der Waals surface area contributed by atoms with Crippen molar-refractivity contribution >= 4 is 29.2 Å². The van der Waals surface area contributed by atoms with E-state index in [1.807, 2.05) is 6.92 Å². The van der Waals surface area contributed by atoms with Crippen LogP contribution in [0.4, 0.5) is 11.5 Å². The van der Waals surface area contributed by atoms with Crippen molar-refractivity contribution in [2.24, 2.45) is 0 Å². The number of hydrogen-bond donors (Lipinski definition) is 2. The fourth-order valence-corrected chi connectivity index (χ4v) is 2.93. The lowest BCUT2D eigenvalue weighted by molar-refractivity contribution is -0.118. The van der Waals surface area contributed by atoms with Crippen molar-refractivity contribution in [1.82, 2.24) is 4.98 Å². The SMILES string of the molecule is CC1(C(=O)Nc2ncccc2N)CCCS1. The van der Waals surface area contributed by atoms with Gasteiger partial charge in [-0.3, -0.25) is 4.79 Å². The van der Waals surface area contributed by atoms with Gasteiger partial charge in [0, 0.05) is 6.20 Å². The first kappa shape index (κ1) is 11.3. The van der Waals surface area contributed by atoms with Crippen molar-refractivity contribution < 1.29 is 4.79 Å². The minimum Gasteiger partial charge on any atom is -0.396 e. The third kappa shape index (κ3) is 2.14. The van der Waals surface area contributed by atoms with E-state index in [0.717, 1.165) is 18.6 Å². The molecule has 3 N–H and O–H groups in total. The summed E-state index contributed by atoms with van der Waals surface area (Å²) in [5.74, 6) is 1.50. The zero-order chi connectivity index (χ0) is 11.6. The van der Waals surface area contributed by atoms with Crippen LogP contribution in [0.1, 0.15) is 19.8 Å². The molecule has 1 aliphatic rings. The van der Waals surface area contributed by atoms with Crippen molar-refractivity contribution in [2.75, 3.05) is 16.8 Å². The van der Waals surface area contributed by atoms with Gasteiger partial charge in [-0.05, 0) is 37.7 Å². The Kier molecular flexibility index (Phi) is 3.05. The average Bonchev–Trinajstić information content (AvgIpc) is 2.70. The summed E-state index contributed by atoms with van der Waals surface area (Å²) in [6, 6.07) is 3.48.